The second-order valence-corrected chi connectivity index (χ2v) is 6.07. The third-order valence-electron chi connectivity index (χ3n) is 4.67. The minimum atomic E-state index is -0.0696. The first kappa shape index (κ1) is 17.0. The summed E-state index contributed by atoms with van der Waals surface area (Å²) in [4.78, 5) is 16.9. The fraction of sp³-hybridized carbons (Fsp3) is 0.611. The molecule has 1 amide bonds. The molecule has 4 heteroatoms. The summed E-state index contributed by atoms with van der Waals surface area (Å²) in [5.41, 5.74) is 8.82. The van der Waals surface area contributed by atoms with Crippen LogP contribution in [0, 0.1) is 0 Å². The number of rotatable bonds is 6. The predicted octanol–water partition coefficient (Wildman–Crippen LogP) is 2.02. The van der Waals surface area contributed by atoms with Crippen molar-refractivity contribution in [2.24, 2.45) is 5.73 Å². The van der Waals surface area contributed by atoms with Crippen molar-refractivity contribution in [2.45, 2.75) is 52.2 Å². The van der Waals surface area contributed by atoms with E-state index < -0.39 is 0 Å². The number of benzene rings is 1. The molecule has 0 radical (unpaired) electrons. The van der Waals surface area contributed by atoms with Gasteiger partial charge in [-0.15, -0.1) is 0 Å². The second kappa shape index (κ2) is 7.75. The second-order valence-electron chi connectivity index (χ2n) is 6.07. The van der Waals surface area contributed by atoms with E-state index in [1.165, 1.54) is 11.1 Å². The summed E-state index contributed by atoms with van der Waals surface area (Å²) in [6.07, 6.45) is 1.79. The molecule has 22 heavy (non-hydrogen) atoms. The van der Waals surface area contributed by atoms with Crippen LogP contribution in [-0.4, -0.2) is 47.4 Å². The number of likely N-dealkylation sites (N-methyl/N-ethyl adjacent to an activating group) is 1. The summed E-state index contributed by atoms with van der Waals surface area (Å²) < 4.78 is 0. The van der Waals surface area contributed by atoms with Crippen LogP contribution in [0.2, 0.25) is 0 Å². The molecule has 0 spiro atoms. The molecule has 0 aromatic heterocycles. The Balaban J connectivity index is 2.15. The van der Waals surface area contributed by atoms with Gasteiger partial charge in [0.1, 0.15) is 0 Å². The van der Waals surface area contributed by atoms with E-state index in [4.69, 9.17) is 5.73 Å². The van der Waals surface area contributed by atoms with E-state index in [2.05, 4.69) is 36.1 Å². The number of likely N-dealkylation sites (tertiary alicyclic amines) is 1. The van der Waals surface area contributed by atoms with E-state index in [0.717, 1.165) is 39.0 Å². The number of carbonyl (C=O) groups is 1. The van der Waals surface area contributed by atoms with Crippen LogP contribution in [0.1, 0.15) is 38.3 Å². The maximum atomic E-state index is 12.7. The summed E-state index contributed by atoms with van der Waals surface area (Å²) in [6, 6.07) is 8.52. The lowest BCUT2D eigenvalue weighted by molar-refractivity contribution is -0.135. The van der Waals surface area contributed by atoms with Crippen molar-refractivity contribution in [2.75, 3.05) is 19.6 Å². The standard InChI is InChI=1S/C18H29N3O/c1-4-14-9-7-8-10-15(14)12-21-13-16(19)11-17(21)18(22)20(5-2)6-3/h7-10,16-17H,4-6,11-13,19H2,1-3H3/t16-,17+/m1/s1. The third kappa shape index (κ3) is 3.68. The van der Waals surface area contributed by atoms with Gasteiger partial charge in [0.2, 0.25) is 5.91 Å². The van der Waals surface area contributed by atoms with Crippen molar-refractivity contribution >= 4 is 5.91 Å². The largest absolute Gasteiger partial charge is 0.342 e. The zero-order valence-corrected chi connectivity index (χ0v) is 14.1. The zero-order valence-electron chi connectivity index (χ0n) is 14.1. The summed E-state index contributed by atoms with van der Waals surface area (Å²) >= 11 is 0. The van der Waals surface area contributed by atoms with Crippen molar-refractivity contribution < 1.29 is 4.79 Å². The van der Waals surface area contributed by atoms with E-state index in [1.807, 2.05) is 18.7 Å². The number of hydrogen-bond acceptors (Lipinski definition) is 3. The fourth-order valence-corrected chi connectivity index (χ4v) is 3.39. The fourth-order valence-electron chi connectivity index (χ4n) is 3.39. The number of nitrogens with two attached hydrogens (primary N) is 1. The first-order valence-corrected chi connectivity index (χ1v) is 8.45. The Morgan fingerprint density at radius 1 is 1.23 bits per heavy atom. The van der Waals surface area contributed by atoms with Crippen molar-refractivity contribution in [1.29, 1.82) is 0 Å². The van der Waals surface area contributed by atoms with Crippen molar-refractivity contribution in [3.05, 3.63) is 35.4 Å². The summed E-state index contributed by atoms with van der Waals surface area (Å²) in [5.74, 6) is 0.229. The van der Waals surface area contributed by atoms with Gasteiger partial charge in [-0.2, -0.15) is 0 Å². The van der Waals surface area contributed by atoms with Gasteiger partial charge in [0, 0.05) is 32.2 Å². The Hall–Kier alpha value is -1.39. The molecule has 0 aliphatic carbocycles. The van der Waals surface area contributed by atoms with Crippen LogP contribution in [0.3, 0.4) is 0 Å². The predicted molar refractivity (Wildman–Crippen MR) is 90.5 cm³/mol. The van der Waals surface area contributed by atoms with Crippen LogP contribution in [-0.2, 0) is 17.8 Å². The van der Waals surface area contributed by atoms with Gasteiger partial charge in [-0.3, -0.25) is 9.69 Å². The first-order chi connectivity index (χ1) is 10.6. The number of hydrogen-bond donors (Lipinski definition) is 1. The van der Waals surface area contributed by atoms with Crippen molar-refractivity contribution in [3.8, 4) is 0 Å². The molecule has 4 nitrogen and oxygen atoms in total. The quantitative estimate of drug-likeness (QED) is 0.874. The van der Waals surface area contributed by atoms with Crippen molar-refractivity contribution in [1.82, 2.24) is 9.80 Å². The molecular weight excluding hydrogens is 274 g/mol. The molecule has 2 atom stereocenters. The van der Waals surface area contributed by atoms with Gasteiger partial charge < -0.3 is 10.6 Å². The average molecular weight is 303 g/mol. The molecule has 1 heterocycles. The van der Waals surface area contributed by atoms with Crippen molar-refractivity contribution in [3.63, 3.8) is 0 Å². The Kier molecular flexibility index (Phi) is 5.98. The van der Waals surface area contributed by atoms with Gasteiger partial charge in [0.25, 0.3) is 0 Å². The Labute approximate surface area is 134 Å². The highest BCUT2D eigenvalue weighted by atomic mass is 16.2. The molecule has 1 aliphatic heterocycles. The lowest BCUT2D eigenvalue weighted by atomic mass is 10.0. The topological polar surface area (TPSA) is 49.6 Å². The number of carbonyl (C=O) groups excluding carboxylic acids is 1. The molecule has 0 unspecified atom stereocenters. The summed E-state index contributed by atoms with van der Waals surface area (Å²) in [7, 11) is 0. The van der Waals surface area contributed by atoms with Crippen LogP contribution in [0.4, 0.5) is 0 Å². The SMILES string of the molecule is CCc1ccccc1CN1C[C@H](N)C[C@H]1C(=O)N(CC)CC. The van der Waals surface area contributed by atoms with E-state index in [1.54, 1.807) is 0 Å². The van der Waals surface area contributed by atoms with Gasteiger partial charge in [0.15, 0.2) is 0 Å². The molecule has 2 rings (SSSR count). The first-order valence-electron chi connectivity index (χ1n) is 8.45. The summed E-state index contributed by atoms with van der Waals surface area (Å²) in [5, 5.41) is 0. The Morgan fingerprint density at radius 2 is 1.86 bits per heavy atom. The van der Waals surface area contributed by atoms with E-state index in [0.29, 0.717) is 0 Å². The molecule has 2 N–H and O–H groups in total. The Bertz CT molecular complexity index is 499. The van der Waals surface area contributed by atoms with Gasteiger partial charge >= 0.3 is 0 Å². The van der Waals surface area contributed by atoms with E-state index in [9.17, 15) is 4.79 Å². The molecule has 122 valence electrons. The molecule has 1 aliphatic rings. The number of amides is 1. The van der Waals surface area contributed by atoms with Gasteiger partial charge in [0.05, 0.1) is 6.04 Å². The van der Waals surface area contributed by atoms with Crippen LogP contribution in [0.15, 0.2) is 24.3 Å². The monoisotopic (exact) mass is 303 g/mol. The normalized spacial score (nSPS) is 22.0. The maximum absolute atomic E-state index is 12.7. The lowest BCUT2D eigenvalue weighted by Crippen LogP contribution is -2.45. The number of aryl methyl sites for hydroxylation is 1. The molecular formula is C18H29N3O. The molecule has 0 saturated carbocycles. The van der Waals surface area contributed by atoms with Crippen LogP contribution >= 0.6 is 0 Å². The number of nitrogens with zero attached hydrogens (tertiary/aromatic N) is 2. The molecule has 1 saturated heterocycles. The third-order valence-corrected chi connectivity index (χ3v) is 4.67. The highest BCUT2D eigenvalue weighted by Crippen LogP contribution is 2.23. The van der Waals surface area contributed by atoms with Crippen LogP contribution < -0.4 is 5.73 Å². The van der Waals surface area contributed by atoms with Gasteiger partial charge in [-0.05, 0) is 37.8 Å². The molecule has 0 bridgehead atoms. The zero-order chi connectivity index (χ0) is 16.1. The maximum Gasteiger partial charge on any atom is 0.239 e. The molecule has 1 aromatic carbocycles. The highest BCUT2D eigenvalue weighted by Gasteiger charge is 2.36. The minimum absolute atomic E-state index is 0.0696. The lowest BCUT2D eigenvalue weighted by Gasteiger charge is -2.29. The molecule has 1 aromatic rings. The summed E-state index contributed by atoms with van der Waals surface area (Å²) in [6.45, 7) is 9.39. The molecule has 1 fully saturated rings. The van der Waals surface area contributed by atoms with Crippen LogP contribution in [0.5, 0.6) is 0 Å². The van der Waals surface area contributed by atoms with E-state index in [-0.39, 0.29) is 18.0 Å². The van der Waals surface area contributed by atoms with Gasteiger partial charge in [-0.25, -0.2) is 0 Å². The van der Waals surface area contributed by atoms with Crippen LogP contribution in [0.25, 0.3) is 0 Å². The Morgan fingerprint density at radius 3 is 2.45 bits per heavy atom. The smallest absolute Gasteiger partial charge is 0.239 e. The minimum Gasteiger partial charge on any atom is -0.342 e. The van der Waals surface area contributed by atoms with Gasteiger partial charge in [-0.1, -0.05) is 31.2 Å². The highest BCUT2D eigenvalue weighted by molar-refractivity contribution is 5.82. The van der Waals surface area contributed by atoms with E-state index >= 15 is 0 Å². The average Bonchev–Trinajstić information content (AvgIpc) is 2.89.